The van der Waals surface area contributed by atoms with Gasteiger partial charge in [-0.3, -0.25) is 0 Å². The SMILES string of the molecule is CC(C)c1nn(C)c(OC(C(F)(F)F)C(F)(F)F)c1N. The fourth-order valence-electron chi connectivity index (χ4n) is 1.54. The molecule has 1 rings (SSSR count). The molecule has 0 aromatic carbocycles. The Morgan fingerprint density at radius 3 is 1.85 bits per heavy atom. The van der Waals surface area contributed by atoms with E-state index in [0.29, 0.717) is 0 Å². The van der Waals surface area contributed by atoms with Crippen molar-refractivity contribution in [2.75, 3.05) is 5.73 Å². The lowest BCUT2D eigenvalue weighted by molar-refractivity contribution is -0.300. The summed E-state index contributed by atoms with van der Waals surface area (Å²) in [5.41, 5.74) is 5.34. The molecule has 10 heteroatoms. The van der Waals surface area contributed by atoms with E-state index in [-0.39, 0.29) is 17.3 Å². The molecule has 4 nitrogen and oxygen atoms in total. The highest BCUT2D eigenvalue weighted by Gasteiger charge is 2.59. The first-order valence-corrected chi connectivity index (χ1v) is 5.48. The van der Waals surface area contributed by atoms with Gasteiger partial charge >= 0.3 is 12.4 Å². The number of halogens is 6. The number of aromatic nitrogens is 2. The van der Waals surface area contributed by atoms with Gasteiger partial charge in [0, 0.05) is 7.05 Å². The van der Waals surface area contributed by atoms with Gasteiger partial charge in [0.15, 0.2) is 0 Å². The number of alkyl halides is 6. The van der Waals surface area contributed by atoms with E-state index < -0.39 is 24.3 Å². The predicted octanol–water partition coefficient (Wildman–Crippen LogP) is 3.00. The number of rotatable bonds is 3. The second-order valence-electron chi connectivity index (χ2n) is 4.46. The van der Waals surface area contributed by atoms with E-state index in [1.54, 1.807) is 13.8 Å². The number of hydrogen-bond donors (Lipinski definition) is 1. The van der Waals surface area contributed by atoms with Crippen LogP contribution in [0.1, 0.15) is 25.5 Å². The summed E-state index contributed by atoms with van der Waals surface area (Å²) >= 11 is 0. The molecule has 0 spiro atoms. The fourth-order valence-corrected chi connectivity index (χ4v) is 1.54. The lowest BCUT2D eigenvalue weighted by atomic mass is 10.1. The van der Waals surface area contributed by atoms with Crippen LogP contribution < -0.4 is 10.5 Å². The van der Waals surface area contributed by atoms with Crippen LogP contribution in [-0.4, -0.2) is 28.2 Å². The minimum absolute atomic E-state index is 0.172. The normalized spacial score (nSPS) is 13.3. The molecule has 0 aliphatic heterocycles. The molecule has 0 radical (unpaired) electrons. The first-order chi connectivity index (χ1) is 8.85. The summed E-state index contributed by atoms with van der Waals surface area (Å²) in [5, 5.41) is 3.76. The highest BCUT2D eigenvalue weighted by molar-refractivity contribution is 5.54. The van der Waals surface area contributed by atoms with E-state index in [2.05, 4.69) is 9.84 Å². The Morgan fingerprint density at radius 2 is 1.55 bits per heavy atom. The number of aryl methyl sites for hydroxylation is 1. The molecule has 1 heterocycles. The average Bonchev–Trinajstić information content (AvgIpc) is 2.48. The molecule has 0 aliphatic carbocycles. The lowest BCUT2D eigenvalue weighted by Crippen LogP contribution is -2.47. The number of anilines is 1. The average molecular weight is 305 g/mol. The summed E-state index contributed by atoms with van der Waals surface area (Å²) < 4.78 is 79.3. The van der Waals surface area contributed by atoms with Gasteiger partial charge in [0.2, 0.25) is 5.88 Å². The van der Waals surface area contributed by atoms with E-state index in [0.717, 1.165) is 11.7 Å². The molecule has 1 aromatic heterocycles. The van der Waals surface area contributed by atoms with Gasteiger partial charge in [-0.1, -0.05) is 13.8 Å². The molecule has 0 atom stereocenters. The zero-order valence-corrected chi connectivity index (χ0v) is 10.8. The van der Waals surface area contributed by atoms with Crippen molar-refractivity contribution in [3.8, 4) is 5.88 Å². The van der Waals surface area contributed by atoms with Crippen LogP contribution in [0.3, 0.4) is 0 Å². The molecule has 20 heavy (non-hydrogen) atoms. The third kappa shape index (κ3) is 3.28. The first-order valence-electron chi connectivity index (χ1n) is 5.48. The largest absolute Gasteiger partial charge is 0.453 e. The van der Waals surface area contributed by atoms with Crippen LogP contribution in [0.25, 0.3) is 0 Å². The summed E-state index contributed by atoms with van der Waals surface area (Å²) in [6.45, 7) is 3.29. The van der Waals surface area contributed by atoms with Gasteiger partial charge in [0.1, 0.15) is 5.69 Å². The van der Waals surface area contributed by atoms with E-state index in [9.17, 15) is 26.3 Å². The molecule has 0 bridgehead atoms. The summed E-state index contributed by atoms with van der Waals surface area (Å²) in [5.74, 6) is -1.03. The van der Waals surface area contributed by atoms with Crippen LogP contribution in [0.2, 0.25) is 0 Å². The fraction of sp³-hybridized carbons (Fsp3) is 0.700. The Hall–Kier alpha value is -1.61. The molecular weight excluding hydrogens is 292 g/mol. The monoisotopic (exact) mass is 305 g/mol. The van der Waals surface area contributed by atoms with Crippen molar-refractivity contribution in [2.45, 2.75) is 38.2 Å². The summed E-state index contributed by atoms with van der Waals surface area (Å²) in [6.07, 6.45) is -15.2. The molecular formula is C10H13F6N3O. The number of nitrogens with two attached hydrogens (primary N) is 1. The van der Waals surface area contributed by atoms with Crippen molar-refractivity contribution >= 4 is 5.69 Å². The Kier molecular flexibility index (Phi) is 4.16. The highest BCUT2D eigenvalue weighted by atomic mass is 19.4. The Morgan fingerprint density at radius 1 is 1.10 bits per heavy atom. The molecule has 0 unspecified atom stereocenters. The Bertz CT molecular complexity index is 463. The molecule has 0 amide bonds. The Labute approximate surface area is 110 Å². The van der Waals surface area contributed by atoms with Crippen LogP contribution in [-0.2, 0) is 7.05 Å². The van der Waals surface area contributed by atoms with Crippen molar-refractivity contribution in [1.82, 2.24) is 9.78 Å². The maximum Gasteiger partial charge on any atom is 0.434 e. The minimum atomic E-state index is -5.60. The number of hydrogen-bond acceptors (Lipinski definition) is 3. The van der Waals surface area contributed by atoms with E-state index >= 15 is 0 Å². The quantitative estimate of drug-likeness (QED) is 0.873. The van der Waals surface area contributed by atoms with Crippen LogP contribution >= 0.6 is 0 Å². The summed E-state index contributed by atoms with van der Waals surface area (Å²) in [4.78, 5) is 0. The summed E-state index contributed by atoms with van der Waals surface area (Å²) in [7, 11) is 1.15. The molecule has 0 saturated carbocycles. The van der Waals surface area contributed by atoms with Gasteiger partial charge < -0.3 is 10.5 Å². The second kappa shape index (κ2) is 5.06. The molecule has 2 N–H and O–H groups in total. The summed E-state index contributed by atoms with van der Waals surface area (Å²) in [6, 6.07) is 0. The van der Waals surface area contributed by atoms with Gasteiger partial charge in [-0.05, 0) is 5.92 Å². The number of ether oxygens (including phenoxy) is 1. The van der Waals surface area contributed by atoms with Gasteiger partial charge in [0.25, 0.3) is 6.10 Å². The van der Waals surface area contributed by atoms with Crippen LogP contribution in [0.4, 0.5) is 32.0 Å². The maximum atomic E-state index is 12.4. The van der Waals surface area contributed by atoms with Gasteiger partial charge in [-0.15, -0.1) is 0 Å². The van der Waals surface area contributed by atoms with E-state index in [1.165, 1.54) is 0 Å². The van der Waals surface area contributed by atoms with Crippen LogP contribution in [0.5, 0.6) is 5.88 Å². The van der Waals surface area contributed by atoms with Crippen molar-refractivity contribution in [2.24, 2.45) is 7.05 Å². The van der Waals surface area contributed by atoms with Gasteiger partial charge in [-0.25, -0.2) is 4.68 Å². The smallest absolute Gasteiger partial charge is 0.434 e. The standard InChI is InChI=1S/C10H13F6N3O/c1-4(2)6-5(17)7(19(3)18-6)20-8(9(11,12)13)10(14,15)16/h4,8H,17H2,1-3H3. The van der Waals surface area contributed by atoms with Gasteiger partial charge in [0.05, 0.1) is 5.69 Å². The molecule has 1 aromatic rings. The van der Waals surface area contributed by atoms with Crippen molar-refractivity contribution in [3.63, 3.8) is 0 Å². The number of nitrogen functional groups attached to an aromatic ring is 1. The molecule has 116 valence electrons. The molecule has 0 fully saturated rings. The third-order valence-electron chi connectivity index (χ3n) is 2.43. The highest BCUT2D eigenvalue weighted by Crippen LogP contribution is 2.39. The van der Waals surface area contributed by atoms with Crippen molar-refractivity contribution in [1.29, 1.82) is 0 Å². The zero-order chi connectivity index (χ0) is 15.9. The minimum Gasteiger partial charge on any atom is -0.453 e. The lowest BCUT2D eigenvalue weighted by Gasteiger charge is -2.23. The molecule has 0 saturated heterocycles. The van der Waals surface area contributed by atoms with Gasteiger partial charge in [-0.2, -0.15) is 31.4 Å². The van der Waals surface area contributed by atoms with Crippen LogP contribution in [0, 0.1) is 0 Å². The first kappa shape index (κ1) is 16.4. The third-order valence-corrected chi connectivity index (χ3v) is 2.43. The molecule has 0 aliphatic rings. The second-order valence-corrected chi connectivity index (χ2v) is 4.46. The van der Waals surface area contributed by atoms with E-state index in [4.69, 9.17) is 5.73 Å². The van der Waals surface area contributed by atoms with Crippen molar-refractivity contribution < 1.29 is 31.1 Å². The zero-order valence-electron chi connectivity index (χ0n) is 10.8. The number of nitrogens with zero attached hydrogens (tertiary/aromatic N) is 2. The topological polar surface area (TPSA) is 53.1 Å². The van der Waals surface area contributed by atoms with E-state index in [1.807, 2.05) is 0 Å². The Balaban J connectivity index is 3.20. The van der Waals surface area contributed by atoms with Crippen LogP contribution in [0.15, 0.2) is 0 Å². The predicted molar refractivity (Wildman–Crippen MR) is 58.2 cm³/mol. The maximum absolute atomic E-state index is 12.4. The van der Waals surface area contributed by atoms with Crippen molar-refractivity contribution in [3.05, 3.63) is 5.69 Å².